The highest BCUT2D eigenvalue weighted by atomic mass is 32.2. The van der Waals surface area contributed by atoms with Crippen molar-refractivity contribution in [1.82, 2.24) is 0 Å². The fraction of sp³-hybridized carbons (Fsp3) is 0.0714. The average molecular weight is 308 g/mol. The van der Waals surface area contributed by atoms with Gasteiger partial charge in [0.15, 0.2) is 5.78 Å². The fourth-order valence-corrected chi connectivity index (χ4v) is 3.36. The zero-order valence-corrected chi connectivity index (χ0v) is 12.5. The van der Waals surface area contributed by atoms with Crippen LogP contribution in [0.2, 0.25) is 0 Å². The van der Waals surface area contributed by atoms with Gasteiger partial charge in [0.2, 0.25) is 0 Å². The molecule has 0 N–H and O–H groups in total. The summed E-state index contributed by atoms with van der Waals surface area (Å²) in [4.78, 5) is 11.6. The Balaban J connectivity index is 1.83. The van der Waals surface area contributed by atoms with Crippen molar-refractivity contribution in [2.24, 2.45) is 0 Å². The van der Waals surface area contributed by atoms with Gasteiger partial charge in [0, 0.05) is 5.41 Å². The highest BCUT2D eigenvalue weighted by Gasteiger charge is 2.02. The molecule has 1 atom stereocenters. The Hall–Kier alpha value is -1.30. The summed E-state index contributed by atoms with van der Waals surface area (Å²) in [6, 6.07) is 3.87. The van der Waals surface area contributed by atoms with Crippen molar-refractivity contribution in [1.29, 1.82) is 0 Å². The molecule has 98 valence electrons. The first-order valence-corrected chi connectivity index (χ1v) is 8.81. The molecule has 2 rings (SSSR count). The predicted molar refractivity (Wildman–Crippen MR) is 84.7 cm³/mol. The first kappa shape index (κ1) is 14.1. The van der Waals surface area contributed by atoms with Crippen LogP contribution in [0.5, 0.6) is 0 Å². The highest BCUT2D eigenvalue weighted by Crippen LogP contribution is 2.09. The van der Waals surface area contributed by atoms with E-state index in [1.807, 2.05) is 33.7 Å². The maximum atomic E-state index is 11.7. The van der Waals surface area contributed by atoms with Gasteiger partial charge in [0.1, 0.15) is 0 Å². The molecule has 2 heterocycles. The summed E-state index contributed by atoms with van der Waals surface area (Å²) in [7, 11) is -1.26. The van der Waals surface area contributed by atoms with E-state index in [0.29, 0.717) is 0 Å². The smallest absolute Gasteiger partial charge is 0.168 e. The molecule has 0 aliphatic rings. The molecule has 0 aliphatic carbocycles. The van der Waals surface area contributed by atoms with Crippen molar-refractivity contribution in [2.75, 3.05) is 5.75 Å². The number of thiophene rings is 2. The van der Waals surface area contributed by atoms with Crippen molar-refractivity contribution in [3.05, 3.63) is 56.3 Å². The number of carbonyl (C=O) groups is 1. The van der Waals surface area contributed by atoms with Crippen LogP contribution >= 0.6 is 22.7 Å². The van der Waals surface area contributed by atoms with Gasteiger partial charge >= 0.3 is 0 Å². The van der Waals surface area contributed by atoms with Gasteiger partial charge in [-0.25, -0.2) is 0 Å². The second-order valence-electron chi connectivity index (χ2n) is 3.74. The minimum absolute atomic E-state index is 0.0290. The summed E-state index contributed by atoms with van der Waals surface area (Å²) in [5, 5.41) is 9.39. The van der Waals surface area contributed by atoms with Gasteiger partial charge in [-0.05, 0) is 56.9 Å². The Morgan fingerprint density at radius 3 is 2.32 bits per heavy atom. The van der Waals surface area contributed by atoms with Gasteiger partial charge in [0.25, 0.3) is 0 Å². The van der Waals surface area contributed by atoms with Crippen LogP contribution in [-0.2, 0) is 15.6 Å². The lowest BCUT2D eigenvalue weighted by Crippen LogP contribution is -2.04. The Labute approximate surface area is 122 Å². The molecule has 0 spiro atoms. The molecule has 0 saturated heterocycles. The van der Waals surface area contributed by atoms with E-state index in [-0.39, 0.29) is 11.5 Å². The van der Waals surface area contributed by atoms with Crippen molar-refractivity contribution < 1.29 is 9.00 Å². The topological polar surface area (TPSA) is 34.1 Å². The molecule has 0 aromatic carbocycles. The van der Waals surface area contributed by atoms with Gasteiger partial charge in [-0.15, -0.1) is 0 Å². The summed E-state index contributed by atoms with van der Waals surface area (Å²) in [6.45, 7) is 0. The molecule has 2 aromatic rings. The van der Waals surface area contributed by atoms with Gasteiger partial charge in [-0.2, -0.15) is 22.7 Å². The maximum Gasteiger partial charge on any atom is 0.168 e. The monoisotopic (exact) mass is 308 g/mol. The molecule has 0 radical (unpaired) electrons. The molecule has 1 unspecified atom stereocenters. The number of ketones is 1. The Morgan fingerprint density at radius 1 is 1.11 bits per heavy atom. The molecule has 0 fully saturated rings. The van der Waals surface area contributed by atoms with Crippen molar-refractivity contribution in [3.63, 3.8) is 0 Å². The summed E-state index contributed by atoms with van der Waals surface area (Å²) in [6.07, 6.45) is 5.01. The van der Waals surface area contributed by atoms with Crippen LogP contribution in [0.15, 0.2) is 45.1 Å². The molecule has 0 amide bonds. The van der Waals surface area contributed by atoms with Gasteiger partial charge in [-0.3, -0.25) is 9.00 Å². The minimum Gasteiger partial charge on any atom is -0.294 e. The fourth-order valence-electron chi connectivity index (χ4n) is 1.32. The van der Waals surface area contributed by atoms with Crippen LogP contribution in [-0.4, -0.2) is 15.7 Å². The van der Waals surface area contributed by atoms with Crippen LogP contribution in [0.4, 0.5) is 0 Å². The molecule has 2 nitrogen and oxygen atoms in total. The van der Waals surface area contributed by atoms with Crippen LogP contribution in [0.3, 0.4) is 0 Å². The predicted octanol–water partition coefficient (Wildman–Crippen LogP) is 3.81. The van der Waals surface area contributed by atoms with E-state index in [4.69, 9.17) is 0 Å². The molecule has 5 heteroatoms. The van der Waals surface area contributed by atoms with Crippen LogP contribution < -0.4 is 0 Å². The zero-order valence-electron chi connectivity index (χ0n) is 10.0. The molecule has 0 saturated carbocycles. The van der Waals surface area contributed by atoms with E-state index in [1.165, 1.54) is 6.08 Å². The van der Waals surface area contributed by atoms with Crippen molar-refractivity contribution in [2.45, 2.75) is 0 Å². The number of hydrogen-bond donors (Lipinski definition) is 0. The van der Waals surface area contributed by atoms with E-state index in [9.17, 15) is 9.00 Å². The largest absolute Gasteiger partial charge is 0.294 e. The zero-order chi connectivity index (χ0) is 13.5. The minimum atomic E-state index is -1.26. The molecule has 0 aliphatic heterocycles. The Kier molecular flexibility index (Phi) is 5.44. The van der Waals surface area contributed by atoms with E-state index in [0.717, 1.165) is 11.1 Å². The van der Waals surface area contributed by atoms with E-state index in [1.54, 1.807) is 40.2 Å². The van der Waals surface area contributed by atoms with Crippen LogP contribution in [0.25, 0.3) is 12.2 Å². The first-order valence-electron chi connectivity index (χ1n) is 5.55. The first-order chi connectivity index (χ1) is 9.24. The molecule has 0 bridgehead atoms. The lowest BCUT2D eigenvalue weighted by Gasteiger charge is -1.91. The van der Waals surface area contributed by atoms with Crippen molar-refractivity contribution in [3.8, 4) is 0 Å². The third-order valence-electron chi connectivity index (χ3n) is 2.24. The SMILES string of the molecule is O=C(/C=C/c1ccsc1)CS(=O)C=Cc1ccsc1. The quantitative estimate of drug-likeness (QED) is 0.760. The number of carbonyl (C=O) groups excluding carboxylic acids is 1. The van der Waals surface area contributed by atoms with Crippen molar-refractivity contribution >= 4 is 51.4 Å². The highest BCUT2D eigenvalue weighted by molar-refractivity contribution is 7.88. The average Bonchev–Trinajstić information content (AvgIpc) is 3.07. The summed E-state index contributed by atoms with van der Waals surface area (Å²) in [5.41, 5.74) is 2.01. The molecular weight excluding hydrogens is 296 g/mol. The molecular formula is C14H12O2S3. The second kappa shape index (κ2) is 7.33. The summed E-state index contributed by atoms with van der Waals surface area (Å²) >= 11 is 3.16. The Bertz CT molecular complexity index is 538. The third-order valence-corrected chi connectivity index (χ3v) is 4.66. The standard InChI is InChI=1S/C14H12O2S3/c15-14(2-1-12-3-6-17-9-12)11-19(16)8-5-13-4-7-18-10-13/h1-10H,11H2/b2-1+,8-5?. The van der Waals surface area contributed by atoms with E-state index in [2.05, 4.69) is 0 Å². The number of rotatable bonds is 6. The van der Waals surface area contributed by atoms with Crippen LogP contribution in [0.1, 0.15) is 11.1 Å². The maximum absolute atomic E-state index is 11.7. The molecule has 19 heavy (non-hydrogen) atoms. The number of allylic oxidation sites excluding steroid dienone is 1. The van der Waals surface area contributed by atoms with Gasteiger partial charge in [-0.1, -0.05) is 6.08 Å². The van der Waals surface area contributed by atoms with Gasteiger partial charge in [0.05, 0.1) is 16.6 Å². The second-order valence-corrected chi connectivity index (χ2v) is 6.62. The Morgan fingerprint density at radius 2 is 1.74 bits per heavy atom. The van der Waals surface area contributed by atoms with E-state index >= 15 is 0 Å². The van der Waals surface area contributed by atoms with Crippen LogP contribution in [0, 0.1) is 0 Å². The normalized spacial score (nSPS) is 13.3. The molecule has 2 aromatic heterocycles. The summed E-state index contributed by atoms with van der Waals surface area (Å²) in [5.74, 6) is -0.0964. The number of hydrogen-bond acceptors (Lipinski definition) is 4. The van der Waals surface area contributed by atoms with E-state index < -0.39 is 10.8 Å². The lowest BCUT2D eigenvalue weighted by atomic mass is 10.3. The summed E-state index contributed by atoms with van der Waals surface area (Å²) < 4.78 is 11.7. The third kappa shape index (κ3) is 5.06. The lowest BCUT2D eigenvalue weighted by molar-refractivity contribution is -0.112. The van der Waals surface area contributed by atoms with Gasteiger partial charge < -0.3 is 0 Å².